The fourth-order valence-corrected chi connectivity index (χ4v) is 3.52. The van der Waals surface area contributed by atoms with Crippen LogP contribution in [0.25, 0.3) is 0 Å². The predicted octanol–water partition coefficient (Wildman–Crippen LogP) is 1.28. The molecule has 2 N–H and O–H groups in total. The van der Waals surface area contributed by atoms with Gasteiger partial charge in [-0.3, -0.25) is 4.79 Å². The fraction of sp³-hybridized carbons (Fsp3) is 0.500. The number of hydrogen-bond acceptors (Lipinski definition) is 4. The van der Waals surface area contributed by atoms with Crippen molar-refractivity contribution in [3.05, 3.63) is 35.4 Å². The van der Waals surface area contributed by atoms with Crippen LogP contribution < -0.4 is 5.73 Å². The van der Waals surface area contributed by atoms with Crippen molar-refractivity contribution in [2.45, 2.75) is 18.9 Å². The van der Waals surface area contributed by atoms with Crippen molar-refractivity contribution in [1.29, 1.82) is 0 Å². The molecule has 3 atom stereocenters. The van der Waals surface area contributed by atoms with E-state index in [1.54, 1.807) is 24.3 Å². The molecule has 1 aromatic carbocycles. The van der Waals surface area contributed by atoms with Crippen LogP contribution in [-0.2, 0) is 4.74 Å². The molecule has 0 unspecified atom stereocenters. The Labute approximate surface area is 124 Å². The summed E-state index contributed by atoms with van der Waals surface area (Å²) in [5.41, 5.74) is 7.16. The summed E-state index contributed by atoms with van der Waals surface area (Å²) < 4.78 is 4.65. The average molecular weight is 288 g/mol. The first-order chi connectivity index (χ1) is 10.1. The smallest absolute Gasteiger partial charge is 0.337 e. The van der Waals surface area contributed by atoms with E-state index in [-0.39, 0.29) is 11.9 Å². The Morgan fingerprint density at radius 1 is 1.14 bits per heavy atom. The summed E-state index contributed by atoms with van der Waals surface area (Å²) in [5, 5.41) is 0. The lowest BCUT2D eigenvalue weighted by atomic mass is 9.98. The van der Waals surface area contributed by atoms with Gasteiger partial charge in [0.15, 0.2) is 0 Å². The van der Waals surface area contributed by atoms with Gasteiger partial charge in [-0.1, -0.05) is 0 Å². The molecule has 1 saturated carbocycles. The molecule has 0 radical (unpaired) electrons. The van der Waals surface area contributed by atoms with E-state index in [4.69, 9.17) is 5.73 Å². The SMILES string of the molecule is COC(=O)c1ccc(C(=O)N2C[C@@H]3CC[C@H](N)[C@H]3C2)cc1. The summed E-state index contributed by atoms with van der Waals surface area (Å²) in [6.45, 7) is 1.55. The maximum atomic E-state index is 12.5. The largest absolute Gasteiger partial charge is 0.465 e. The van der Waals surface area contributed by atoms with Crippen molar-refractivity contribution < 1.29 is 14.3 Å². The number of amides is 1. The lowest BCUT2D eigenvalue weighted by Gasteiger charge is -2.19. The normalized spacial score (nSPS) is 27.5. The zero-order valence-corrected chi connectivity index (χ0v) is 12.1. The number of fused-ring (bicyclic) bond motifs is 1. The number of carbonyl (C=O) groups is 2. The highest BCUT2D eigenvalue weighted by Gasteiger charge is 2.42. The van der Waals surface area contributed by atoms with Gasteiger partial charge in [0.25, 0.3) is 5.91 Å². The second-order valence-electron chi connectivity index (χ2n) is 5.94. The Kier molecular flexibility index (Phi) is 3.68. The molecule has 2 aliphatic rings. The zero-order valence-electron chi connectivity index (χ0n) is 12.1. The van der Waals surface area contributed by atoms with E-state index in [0.717, 1.165) is 25.9 Å². The quantitative estimate of drug-likeness (QED) is 0.832. The van der Waals surface area contributed by atoms with Gasteiger partial charge in [-0.2, -0.15) is 0 Å². The Hall–Kier alpha value is -1.88. The lowest BCUT2D eigenvalue weighted by Crippen LogP contribution is -2.33. The molecule has 0 aromatic heterocycles. The first-order valence-electron chi connectivity index (χ1n) is 7.33. The molecule has 1 aliphatic heterocycles. The maximum Gasteiger partial charge on any atom is 0.337 e. The predicted molar refractivity (Wildman–Crippen MR) is 77.9 cm³/mol. The second-order valence-corrected chi connectivity index (χ2v) is 5.94. The van der Waals surface area contributed by atoms with Crippen LogP contribution in [0, 0.1) is 11.8 Å². The third kappa shape index (κ3) is 2.53. The van der Waals surface area contributed by atoms with Gasteiger partial charge >= 0.3 is 5.97 Å². The molecule has 1 saturated heterocycles. The number of rotatable bonds is 2. The van der Waals surface area contributed by atoms with Gasteiger partial charge in [0.2, 0.25) is 0 Å². The van der Waals surface area contributed by atoms with Crippen LogP contribution in [0.3, 0.4) is 0 Å². The van der Waals surface area contributed by atoms with Gasteiger partial charge in [-0.15, -0.1) is 0 Å². The van der Waals surface area contributed by atoms with Gasteiger partial charge in [0.1, 0.15) is 0 Å². The van der Waals surface area contributed by atoms with Crippen LogP contribution in [0.2, 0.25) is 0 Å². The van der Waals surface area contributed by atoms with E-state index >= 15 is 0 Å². The minimum absolute atomic E-state index is 0.0213. The molecule has 21 heavy (non-hydrogen) atoms. The molecular formula is C16H20N2O3. The van der Waals surface area contributed by atoms with Crippen molar-refractivity contribution in [3.63, 3.8) is 0 Å². The minimum Gasteiger partial charge on any atom is -0.465 e. The second kappa shape index (κ2) is 5.48. The maximum absolute atomic E-state index is 12.5. The number of ether oxygens (including phenoxy) is 1. The number of methoxy groups -OCH3 is 1. The molecule has 0 spiro atoms. The molecule has 5 heteroatoms. The third-order valence-corrected chi connectivity index (χ3v) is 4.75. The number of carbonyl (C=O) groups excluding carboxylic acids is 2. The average Bonchev–Trinajstić information content (AvgIpc) is 3.08. The summed E-state index contributed by atoms with van der Waals surface area (Å²) in [4.78, 5) is 25.8. The Bertz CT molecular complexity index is 555. The van der Waals surface area contributed by atoms with Crippen molar-refractivity contribution in [2.24, 2.45) is 17.6 Å². The molecule has 1 aromatic rings. The van der Waals surface area contributed by atoms with Crippen molar-refractivity contribution in [3.8, 4) is 0 Å². The molecule has 1 heterocycles. The van der Waals surface area contributed by atoms with Crippen molar-refractivity contribution in [2.75, 3.05) is 20.2 Å². The Balaban J connectivity index is 1.70. The van der Waals surface area contributed by atoms with Crippen molar-refractivity contribution in [1.82, 2.24) is 4.90 Å². The molecule has 5 nitrogen and oxygen atoms in total. The van der Waals surface area contributed by atoms with E-state index in [1.165, 1.54) is 7.11 Å². The van der Waals surface area contributed by atoms with Gasteiger partial charge < -0.3 is 15.4 Å². The highest BCUT2D eigenvalue weighted by molar-refractivity contribution is 5.96. The zero-order chi connectivity index (χ0) is 15.0. The van der Waals surface area contributed by atoms with Gasteiger partial charge in [-0.05, 0) is 48.9 Å². The molecule has 1 aliphatic carbocycles. The van der Waals surface area contributed by atoms with Crippen LogP contribution in [0.4, 0.5) is 0 Å². The topological polar surface area (TPSA) is 72.6 Å². The Morgan fingerprint density at radius 2 is 1.81 bits per heavy atom. The highest BCUT2D eigenvalue weighted by Crippen LogP contribution is 2.37. The lowest BCUT2D eigenvalue weighted by molar-refractivity contribution is 0.0600. The van der Waals surface area contributed by atoms with Gasteiger partial charge in [0.05, 0.1) is 12.7 Å². The van der Waals surface area contributed by atoms with E-state index < -0.39 is 5.97 Å². The minimum atomic E-state index is -0.393. The monoisotopic (exact) mass is 288 g/mol. The number of nitrogens with two attached hydrogens (primary N) is 1. The van der Waals surface area contributed by atoms with Gasteiger partial charge in [-0.25, -0.2) is 4.79 Å². The summed E-state index contributed by atoms with van der Waals surface area (Å²) in [7, 11) is 1.34. The van der Waals surface area contributed by atoms with Crippen LogP contribution in [-0.4, -0.2) is 43.0 Å². The summed E-state index contributed by atoms with van der Waals surface area (Å²) in [6.07, 6.45) is 2.20. The molecule has 112 valence electrons. The number of hydrogen-bond donors (Lipinski definition) is 1. The van der Waals surface area contributed by atoms with E-state index in [9.17, 15) is 9.59 Å². The van der Waals surface area contributed by atoms with Crippen molar-refractivity contribution >= 4 is 11.9 Å². The first-order valence-corrected chi connectivity index (χ1v) is 7.33. The number of esters is 1. The molecule has 0 bridgehead atoms. The third-order valence-electron chi connectivity index (χ3n) is 4.75. The number of benzene rings is 1. The van der Waals surface area contributed by atoms with Gasteiger partial charge in [0, 0.05) is 24.7 Å². The highest BCUT2D eigenvalue weighted by atomic mass is 16.5. The molecule has 1 amide bonds. The standard InChI is InChI=1S/C16H20N2O3/c1-21-16(20)11-4-2-10(3-5-11)15(19)18-8-12-6-7-14(17)13(12)9-18/h2-5,12-14H,6-9,17H2,1H3/t12-,13-,14-/m0/s1. The summed E-state index contributed by atoms with van der Waals surface area (Å²) in [6, 6.07) is 6.85. The molecule has 3 rings (SSSR count). The van der Waals surface area contributed by atoms with Crippen LogP contribution in [0.1, 0.15) is 33.6 Å². The fourth-order valence-electron chi connectivity index (χ4n) is 3.52. The van der Waals surface area contributed by atoms with E-state index in [0.29, 0.717) is 23.0 Å². The first kappa shape index (κ1) is 14.1. The van der Waals surface area contributed by atoms with Crippen LogP contribution >= 0.6 is 0 Å². The van der Waals surface area contributed by atoms with E-state index in [1.807, 2.05) is 4.90 Å². The number of likely N-dealkylation sites (tertiary alicyclic amines) is 1. The molecule has 2 fully saturated rings. The molecular weight excluding hydrogens is 268 g/mol. The summed E-state index contributed by atoms with van der Waals surface area (Å²) >= 11 is 0. The van der Waals surface area contributed by atoms with Crippen LogP contribution in [0.5, 0.6) is 0 Å². The number of nitrogens with zero attached hydrogens (tertiary/aromatic N) is 1. The van der Waals surface area contributed by atoms with E-state index in [2.05, 4.69) is 4.74 Å². The summed E-state index contributed by atoms with van der Waals surface area (Å²) in [5.74, 6) is 0.630. The van der Waals surface area contributed by atoms with Crippen LogP contribution in [0.15, 0.2) is 24.3 Å². The Morgan fingerprint density at radius 3 is 2.43 bits per heavy atom.